The van der Waals surface area contributed by atoms with Crippen LogP contribution in [0.3, 0.4) is 0 Å². The van der Waals surface area contributed by atoms with E-state index in [9.17, 15) is 0 Å². The fraction of sp³-hybridized carbons (Fsp3) is 0.667. The van der Waals surface area contributed by atoms with Crippen LogP contribution in [0, 0.1) is 0 Å². The minimum Gasteiger partial charge on any atom is -0.246 e. The molecule has 0 spiro atoms. The third kappa shape index (κ3) is 2.79. The van der Waals surface area contributed by atoms with Gasteiger partial charge >= 0.3 is 0 Å². The van der Waals surface area contributed by atoms with Gasteiger partial charge in [0.25, 0.3) is 0 Å². The number of thiol groups is 1. The molecule has 0 amide bonds. The number of hydrogen-bond acceptors (Lipinski definition) is 3. The van der Waals surface area contributed by atoms with E-state index in [2.05, 4.69) is 36.8 Å². The van der Waals surface area contributed by atoms with Crippen LogP contribution in [-0.2, 0) is 6.42 Å². The Labute approximate surface area is 83.6 Å². The molecule has 0 unspecified atom stereocenters. The maximum absolute atomic E-state index is 4.53. The number of hydrogen-bond donors (Lipinski definition) is 1. The fourth-order valence-corrected chi connectivity index (χ4v) is 2.10. The molecule has 1 heterocycles. The lowest BCUT2D eigenvalue weighted by molar-refractivity contribution is 0.814. The summed E-state index contributed by atoms with van der Waals surface area (Å²) >= 11 is 5.95. The standard InChI is InChI=1S/C9H15NS2/c1-7(2)8-6-12-9(10-8)4-3-5-11/h6-7,11H,3-5H2,1-2H3. The first-order valence-electron chi connectivity index (χ1n) is 4.29. The molecule has 12 heavy (non-hydrogen) atoms. The normalized spacial score (nSPS) is 11.0. The Morgan fingerprint density at radius 3 is 2.83 bits per heavy atom. The highest BCUT2D eigenvalue weighted by molar-refractivity contribution is 7.80. The van der Waals surface area contributed by atoms with Crippen molar-refractivity contribution in [1.82, 2.24) is 4.98 Å². The van der Waals surface area contributed by atoms with Crippen molar-refractivity contribution in [2.45, 2.75) is 32.6 Å². The molecule has 0 aromatic carbocycles. The van der Waals surface area contributed by atoms with Crippen LogP contribution in [-0.4, -0.2) is 10.7 Å². The molecule has 0 saturated carbocycles. The maximum Gasteiger partial charge on any atom is 0.0928 e. The lowest BCUT2D eigenvalue weighted by atomic mass is 10.2. The van der Waals surface area contributed by atoms with Crippen LogP contribution in [0.25, 0.3) is 0 Å². The molecule has 1 aromatic heterocycles. The molecule has 0 aliphatic heterocycles. The predicted molar refractivity (Wildman–Crippen MR) is 58.4 cm³/mol. The molecular weight excluding hydrogens is 186 g/mol. The van der Waals surface area contributed by atoms with E-state index in [-0.39, 0.29) is 0 Å². The fourth-order valence-electron chi connectivity index (χ4n) is 0.935. The highest BCUT2D eigenvalue weighted by Crippen LogP contribution is 2.18. The highest BCUT2D eigenvalue weighted by Gasteiger charge is 2.04. The van der Waals surface area contributed by atoms with Gasteiger partial charge in [-0.3, -0.25) is 0 Å². The number of aromatic nitrogens is 1. The topological polar surface area (TPSA) is 12.9 Å². The lowest BCUT2D eigenvalue weighted by Crippen LogP contribution is -1.89. The van der Waals surface area contributed by atoms with E-state index in [4.69, 9.17) is 0 Å². The average Bonchev–Trinajstić information content (AvgIpc) is 2.48. The van der Waals surface area contributed by atoms with Crippen molar-refractivity contribution in [3.8, 4) is 0 Å². The molecule has 3 heteroatoms. The third-order valence-electron chi connectivity index (χ3n) is 1.71. The first kappa shape index (κ1) is 10.1. The molecule has 0 aliphatic rings. The second-order valence-electron chi connectivity index (χ2n) is 3.15. The molecule has 1 aromatic rings. The van der Waals surface area contributed by atoms with Gasteiger partial charge in [0, 0.05) is 11.8 Å². The van der Waals surface area contributed by atoms with Crippen molar-refractivity contribution in [3.63, 3.8) is 0 Å². The van der Waals surface area contributed by atoms with E-state index in [0.717, 1.165) is 18.6 Å². The van der Waals surface area contributed by atoms with Gasteiger partial charge < -0.3 is 0 Å². The van der Waals surface area contributed by atoms with Gasteiger partial charge in [-0.25, -0.2) is 4.98 Å². The van der Waals surface area contributed by atoms with E-state index in [1.54, 1.807) is 11.3 Å². The molecule has 0 atom stereocenters. The number of nitrogens with zero attached hydrogens (tertiary/aromatic N) is 1. The van der Waals surface area contributed by atoms with E-state index in [0.29, 0.717) is 5.92 Å². The summed E-state index contributed by atoms with van der Waals surface area (Å²) in [6.45, 7) is 4.36. The Bertz CT molecular complexity index is 230. The minimum absolute atomic E-state index is 0.561. The molecule has 1 nitrogen and oxygen atoms in total. The van der Waals surface area contributed by atoms with Gasteiger partial charge in [0.2, 0.25) is 0 Å². The lowest BCUT2D eigenvalue weighted by Gasteiger charge is -1.96. The minimum atomic E-state index is 0.561. The first-order valence-corrected chi connectivity index (χ1v) is 5.80. The number of aryl methyl sites for hydroxylation is 1. The van der Waals surface area contributed by atoms with Crippen molar-refractivity contribution in [2.24, 2.45) is 0 Å². The molecule has 0 radical (unpaired) electrons. The maximum atomic E-state index is 4.53. The van der Waals surface area contributed by atoms with Crippen molar-refractivity contribution in [2.75, 3.05) is 5.75 Å². The average molecular weight is 201 g/mol. The monoisotopic (exact) mass is 201 g/mol. The summed E-state index contributed by atoms with van der Waals surface area (Å²) in [5, 5.41) is 3.42. The zero-order valence-electron chi connectivity index (χ0n) is 7.58. The summed E-state index contributed by atoms with van der Waals surface area (Å²) in [6.07, 6.45) is 2.22. The van der Waals surface area contributed by atoms with Gasteiger partial charge in [-0.15, -0.1) is 11.3 Å². The highest BCUT2D eigenvalue weighted by atomic mass is 32.1. The summed E-state index contributed by atoms with van der Waals surface area (Å²) in [5.74, 6) is 1.52. The quantitative estimate of drug-likeness (QED) is 0.739. The number of rotatable bonds is 4. The van der Waals surface area contributed by atoms with Crippen LogP contribution in [0.15, 0.2) is 5.38 Å². The van der Waals surface area contributed by atoms with Crippen molar-refractivity contribution in [1.29, 1.82) is 0 Å². The Kier molecular flexibility index (Phi) is 4.09. The van der Waals surface area contributed by atoms with Crippen LogP contribution < -0.4 is 0 Å². The molecule has 1 rings (SSSR count). The predicted octanol–water partition coefficient (Wildman–Crippen LogP) is 3.13. The molecule has 0 saturated heterocycles. The largest absolute Gasteiger partial charge is 0.246 e. The third-order valence-corrected chi connectivity index (χ3v) is 2.95. The Balaban J connectivity index is 2.52. The zero-order valence-corrected chi connectivity index (χ0v) is 9.29. The van der Waals surface area contributed by atoms with E-state index >= 15 is 0 Å². The molecule has 0 bridgehead atoms. The van der Waals surface area contributed by atoms with Gasteiger partial charge in [-0.2, -0.15) is 12.6 Å². The molecule has 0 aliphatic carbocycles. The molecular formula is C9H15NS2. The van der Waals surface area contributed by atoms with Crippen LogP contribution >= 0.6 is 24.0 Å². The Morgan fingerprint density at radius 1 is 1.58 bits per heavy atom. The summed E-state index contributed by atoms with van der Waals surface area (Å²) in [5.41, 5.74) is 1.23. The van der Waals surface area contributed by atoms with Gasteiger partial charge in [-0.1, -0.05) is 13.8 Å². The van der Waals surface area contributed by atoms with Crippen molar-refractivity contribution >= 4 is 24.0 Å². The summed E-state index contributed by atoms with van der Waals surface area (Å²) in [7, 11) is 0. The van der Waals surface area contributed by atoms with Gasteiger partial charge in [0.05, 0.1) is 10.7 Å². The van der Waals surface area contributed by atoms with Gasteiger partial charge in [0.15, 0.2) is 0 Å². The first-order chi connectivity index (χ1) is 5.74. The molecule has 0 N–H and O–H groups in total. The van der Waals surface area contributed by atoms with Crippen LogP contribution in [0.4, 0.5) is 0 Å². The van der Waals surface area contributed by atoms with E-state index in [1.165, 1.54) is 10.7 Å². The Hall–Kier alpha value is -0.0200. The van der Waals surface area contributed by atoms with Crippen molar-refractivity contribution in [3.05, 3.63) is 16.1 Å². The SMILES string of the molecule is CC(C)c1csc(CCCS)n1. The smallest absolute Gasteiger partial charge is 0.0928 e. The second-order valence-corrected chi connectivity index (χ2v) is 4.54. The number of thiazole rings is 1. The van der Waals surface area contributed by atoms with Crippen LogP contribution in [0.5, 0.6) is 0 Å². The second kappa shape index (κ2) is 4.87. The van der Waals surface area contributed by atoms with Crippen LogP contribution in [0.1, 0.15) is 36.9 Å². The molecule has 0 fully saturated rings. The summed E-state index contributed by atoms with van der Waals surface area (Å²) in [4.78, 5) is 4.53. The van der Waals surface area contributed by atoms with Gasteiger partial charge in [-0.05, 0) is 18.1 Å². The zero-order chi connectivity index (χ0) is 8.97. The summed E-state index contributed by atoms with van der Waals surface area (Å²) in [6, 6.07) is 0. The Morgan fingerprint density at radius 2 is 2.33 bits per heavy atom. The van der Waals surface area contributed by atoms with E-state index < -0.39 is 0 Å². The summed E-state index contributed by atoms with van der Waals surface area (Å²) < 4.78 is 0. The van der Waals surface area contributed by atoms with Gasteiger partial charge in [0.1, 0.15) is 0 Å². The van der Waals surface area contributed by atoms with Crippen molar-refractivity contribution < 1.29 is 0 Å². The van der Waals surface area contributed by atoms with Crippen LogP contribution in [0.2, 0.25) is 0 Å². The molecule has 68 valence electrons. The van der Waals surface area contributed by atoms with E-state index in [1.807, 2.05) is 0 Å².